The summed E-state index contributed by atoms with van der Waals surface area (Å²) in [6.45, 7) is 2.08. The summed E-state index contributed by atoms with van der Waals surface area (Å²) in [5.41, 5.74) is 0.674. The number of benzene rings is 1. The highest BCUT2D eigenvalue weighted by Gasteiger charge is 2.21. The number of rotatable bonds is 7. The molecule has 0 saturated carbocycles. The highest BCUT2D eigenvalue weighted by Crippen LogP contribution is 2.27. The number of nitrogens with zero attached hydrogens (tertiary/aromatic N) is 1. The molecule has 1 atom stereocenters. The minimum Gasteiger partial charge on any atom is -0.374 e. The van der Waals surface area contributed by atoms with Crippen LogP contribution in [0.2, 0.25) is 12.6 Å². The fourth-order valence-electron chi connectivity index (χ4n) is 1.73. The Kier molecular flexibility index (Phi) is 6.26. The van der Waals surface area contributed by atoms with Crippen LogP contribution in [0.3, 0.4) is 0 Å². The van der Waals surface area contributed by atoms with E-state index >= 15 is 0 Å². The third-order valence-corrected chi connectivity index (χ3v) is 5.06. The Hall–Kier alpha value is -0.623. The van der Waals surface area contributed by atoms with Crippen molar-refractivity contribution in [3.05, 3.63) is 39.9 Å². The van der Waals surface area contributed by atoms with Gasteiger partial charge in [0.15, 0.2) is 0 Å². The van der Waals surface area contributed by atoms with E-state index in [1.165, 1.54) is 6.07 Å². The summed E-state index contributed by atoms with van der Waals surface area (Å²) in [4.78, 5) is 10.5. The molecule has 0 saturated heterocycles. The second kappa shape index (κ2) is 7.24. The summed E-state index contributed by atoms with van der Waals surface area (Å²) in [5.74, 6) is 0. The molecular formula is C12H17Cl2NO3Si. The first-order valence-electron chi connectivity index (χ1n) is 6.04. The molecule has 0 fully saturated rings. The third kappa shape index (κ3) is 5.91. The van der Waals surface area contributed by atoms with Crippen molar-refractivity contribution >= 4 is 34.5 Å². The van der Waals surface area contributed by atoms with Crippen molar-refractivity contribution in [2.45, 2.75) is 32.0 Å². The van der Waals surface area contributed by atoms with Gasteiger partial charge in [-0.1, -0.05) is 12.1 Å². The number of para-hydroxylation sites is 1. The summed E-state index contributed by atoms with van der Waals surface area (Å²) in [6, 6.07) is 7.36. The van der Waals surface area contributed by atoms with Crippen LogP contribution in [0.25, 0.3) is 0 Å². The Morgan fingerprint density at radius 1 is 1.42 bits per heavy atom. The van der Waals surface area contributed by atoms with E-state index in [1.54, 1.807) is 25.1 Å². The molecule has 0 spiro atoms. The van der Waals surface area contributed by atoms with Gasteiger partial charge in [0, 0.05) is 12.7 Å². The second-order valence-corrected chi connectivity index (χ2v) is 12.7. The number of halogens is 2. The normalized spacial score (nSPS) is 13.3. The van der Waals surface area contributed by atoms with Gasteiger partial charge in [-0.25, -0.2) is 0 Å². The van der Waals surface area contributed by atoms with Crippen LogP contribution in [0.4, 0.5) is 5.69 Å². The molecule has 0 bridgehead atoms. The molecule has 0 amide bonds. The van der Waals surface area contributed by atoms with Gasteiger partial charge >= 0.3 is 0 Å². The minimum atomic E-state index is -2.08. The molecule has 1 unspecified atom stereocenters. The van der Waals surface area contributed by atoms with E-state index in [9.17, 15) is 10.1 Å². The van der Waals surface area contributed by atoms with Crippen LogP contribution < -0.4 is 0 Å². The lowest BCUT2D eigenvalue weighted by atomic mass is 10.1. The van der Waals surface area contributed by atoms with Crippen molar-refractivity contribution in [3.8, 4) is 0 Å². The van der Waals surface area contributed by atoms with Crippen LogP contribution in [0.1, 0.15) is 25.0 Å². The van der Waals surface area contributed by atoms with Gasteiger partial charge in [0.05, 0.1) is 16.6 Å². The number of nitro benzene ring substituents is 1. The maximum atomic E-state index is 10.9. The van der Waals surface area contributed by atoms with Crippen molar-refractivity contribution < 1.29 is 9.66 Å². The van der Waals surface area contributed by atoms with E-state index in [2.05, 4.69) is 0 Å². The van der Waals surface area contributed by atoms with Gasteiger partial charge in [0.25, 0.3) is 5.69 Å². The number of nitro groups is 1. The largest absolute Gasteiger partial charge is 0.374 e. The maximum Gasteiger partial charge on any atom is 0.275 e. The van der Waals surface area contributed by atoms with Gasteiger partial charge in [-0.05, 0) is 32.0 Å². The molecule has 0 N–H and O–H groups in total. The highest BCUT2D eigenvalue weighted by atomic mass is 35.7. The average Bonchev–Trinajstić information content (AvgIpc) is 2.33. The molecule has 1 aromatic carbocycles. The zero-order valence-electron chi connectivity index (χ0n) is 10.9. The molecule has 7 heteroatoms. The molecule has 0 aliphatic rings. The molecular weight excluding hydrogens is 305 g/mol. The van der Waals surface area contributed by atoms with Gasteiger partial charge in [0.2, 0.25) is 6.69 Å². The van der Waals surface area contributed by atoms with E-state index in [-0.39, 0.29) is 11.8 Å². The fraction of sp³-hybridized carbons (Fsp3) is 0.500. The number of hydrogen-bond acceptors (Lipinski definition) is 3. The monoisotopic (exact) mass is 321 g/mol. The summed E-state index contributed by atoms with van der Waals surface area (Å²) in [7, 11) is 0. The van der Waals surface area contributed by atoms with Gasteiger partial charge in [-0.2, -0.15) is 0 Å². The summed E-state index contributed by atoms with van der Waals surface area (Å²) in [5, 5.41) is 10.9. The molecule has 1 rings (SSSR count). The van der Waals surface area contributed by atoms with Gasteiger partial charge < -0.3 is 4.74 Å². The molecule has 0 aliphatic carbocycles. The van der Waals surface area contributed by atoms with E-state index in [0.29, 0.717) is 12.2 Å². The Morgan fingerprint density at radius 3 is 2.63 bits per heavy atom. The van der Waals surface area contributed by atoms with E-state index in [1.807, 2.05) is 6.55 Å². The lowest BCUT2D eigenvalue weighted by molar-refractivity contribution is -0.386. The Morgan fingerprint density at radius 2 is 2.05 bits per heavy atom. The van der Waals surface area contributed by atoms with Crippen LogP contribution in [-0.2, 0) is 4.74 Å². The van der Waals surface area contributed by atoms with Crippen molar-refractivity contribution in [2.75, 3.05) is 6.61 Å². The number of hydrogen-bond donors (Lipinski definition) is 0. The second-order valence-electron chi connectivity index (χ2n) is 4.50. The standard InChI is InChI=1S/C12H17Cl2NO3Si/c1-10(18-8-5-9-19(2,13)14)11-6-3-4-7-12(11)15(16)17/h3-4,6-7,10H,5,8-9H2,1-2H3. The van der Waals surface area contributed by atoms with E-state index < -0.39 is 11.6 Å². The van der Waals surface area contributed by atoms with Crippen molar-refractivity contribution in [2.24, 2.45) is 0 Å². The first-order chi connectivity index (χ1) is 8.81. The number of ether oxygens (including phenoxy) is 1. The quantitative estimate of drug-likeness (QED) is 0.242. The molecule has 0 aromatic heterocycles. The first kappa shape index (κ1) is 16.4. The Bertz CT molecular complexity index is 437. The topological polar surface area (TPSA) is 52.4 Å². The predicted octanol–water partition coefficient (Wildman–Crippen LogP) is 4.61. The fourth-order valence-corrected chi connectivity index (χ4v) is 3.30. The SMILES string of the molecule is CC(OCCC[Si](C)(Cl)Cl)c1ccccc1[N+](=O)[O-]. The third-order valence-electron chi connectivity index (χ3n) is 2.70. The molecule has 0 heterocycles. The average molecular weight is 322 g/mol. The smallest absolute Gasteiger partial charge is 0.275 e. The van der Waals surface area contributed by atoms with Crippen molar-refractivity contribution in [1.29, 1.82) is 0 Å². The van der Waals surface area contributed by atoms with Gasteiger partial charge in [0.1, 0.15) is 0 Å². The molecule has 0 radical (unpaired) electrons. The van der Waals surface area contributed by atoms with Crippen molar-refractivity contribution in [3.63, 3.8) is 0 Å². The summed E-state index contributed by atoms with van der Waals surface area (Å²) < 4.78 is 5.61. The molecule has 1 aromatic rings. The zero-order chi connectivity index (χ0) is 14.5. The molecule has 106 valence electrons. The Labute approximate surface area is 123 Å². The lowest BCUT2D eigenvalue weighted by Crippen LogP contribution is -2.13. The molecule has 0 aliphatic heterocycles. The first-order valence-corrected chi connectivity index (χ1v) is 10.8. The van der Waals surface area contributed by atoms with Crippen LogP contribution in [-0.4, -0.2) is 18.2 Å². The summed E-state index contributed by atoms with van der Waals surface area (Å²) in [6.07, 6.45) is 0.445. The van der Waals surface area contributed by atoms with Crippen molar-refractivity contribution in [1.82, 2.24) is 0 Å². The maximum absolute atomic E-state index is 10.9. The molecule has 4 nitrogen and oxygen atoms in total. The van der Waals surface area contributed by atoms with Crippen LogP contribution in [0, 0.1) is 10.1 Å². The Balaban J connectivity index is 2.54. The van der Waals surface area contributed by atoms with E-state index in [0.717, 1.165) is 12.5 Å². The summed E-state index contributed by atoms with van der Waals surface area (Å²) >= 11 is 12.0. The minimum absolute atomic E-state index is 0.0869. The van der Waals surface area contributed by atoms with Crippen LogP contribution >= 0.6 is 22.2 Å². The van der Waals surface area contributed by atoms with Crippen LogP contribution in [0.5, 0.6) is 0 Å². The lowest BCUT2D eigenvalue weighted by Gasteiger charge is -2.15. The van der Waals surface area contributed by atoms with Gasteiger partial charge in [-0.15, -0.1) is 22.2 Å². The zero-order valence-corrected chi connectivity index (χ0v) is 13.4. The molecule has 19 heavy (non-hydrogen) atoms. The van der Waals surface area contributed by atoms with Gasteiger partial charge in [-0.3, -0.25) is 10.1 Å². The van der Waals surface area contributed by atoms with E-state index in [4.69, 9.17) is 26.9 Å². The predicted molar refractivity (Wildman–Crippen MR) is 80.2 cm³/mol. The van der Waals surface area contributed by atoms with Crippen LogP contribution in [0.15, 0.2) is 24.3 Å². The highest BCUT2D eigenvalue weighted by molar-refractivity contribution is 7.44.